The van der Waals surface area contributed by atoms with Gasteiger partial charge in [0.2, 0.25) is 5.91 Å². The first kappa shape index (κ1) is 15.4. The number of hydrogen-bond acceptors (Lipinski definition) is 3. The molecule has 1 amide bonds. The van der Waals surface area contributed by atoms with E-state index >= 15 is 0 Å². The quantitative estimate of drug-likeness (QED) is 0.715. The highest BCUT2D eigenvalue weighted by Crippen LogP contribution is 2.28. The van der Waals surface area contributed by atoms with Crippen molar-refractivity contribution in [3.05, 3.63) is 0 Å². The molecular weight excluding hydrogens is 226 g/mol. The van der Waals surface area contributed by atoms with Crippen molar-refractivity contribution < 1.29 is 4.79 Å². The summed E-state index contributed by atoms with van der Waals surface area (Å²) < 4.78 is 0. The Labute approximate surface area is 111 Å². The summed E-state index contributed by atoms with van der Waals surface area (Å²) in [6.45, 7) is 12.6. The number of carbonyl (C=O) groups excluding carboxylic acids is 1. The molecule has 0 unspecified atom stereocenters. The van der Waals surface area contributed by atoms with Gasteiger partial charge in [-0.05, 0) is 61.4 Å². The van der Waals surface area contributed by atoms with E-state index in [2.05, 4.69) is 43.6 Å². The van der Waals surface area contributed by atoms with Crippen molar-refractivity contribution in [3.8, 4) is 0 Å². The van der Waals surface area contributed by atoms with Gasteiger partial charge in [-0.3, -0.25) is 4.79 Å². The summed E-state index contributed by atoms with van der Waals surface area (Å²) in [4.78, 5) is 12.2. The van der Waals surface area contributed by atoms with Crippen molar-refractivity contribution >= 4 is 5.91 Å². The lowest BCUT2D eigenvalue weighted by Crippen LogP contribution is -2.64. The first-order valence-corrected chi connectivity index (χ1v) is 6.77. The molecule has 106 valence electrons. The number of carbonyl (C=O) groups is 1. The summed E-state index contributed by atoms with van der Waals surface area (Å²) in [6.07, 6.45) is 1.92. The second-order valence-electron chi connectivity index (χ2n) is 7.35. The SMILES string of the molecule is CNC(C)(C)C(=O)NC1CC(C)(C)NC(C)(C)C1. The maximum Gasteiger partial charge on any atom is 0.239 e. The first-order chi connectivity index (χ1) is 7.97. The normalized spacial score (nSPS) is 23.7. The molecule has 0 aliphatic carbocycles. The van der Waals surface area contributed by atoms with Gasteiger partial charge in [0.05, 0.1) is 5.54 Å². The van der Waals surface area contributed by atoms with Gasteiger partial charge in [0.15, 0.2) is 0 Å². The third-order valence-electron chi connectivity index (χ3n) is 3.72. The molecule has 4 heteroatoms. The molecule has 18 heavy (non-hydrogen) atoms. The fourth-order valence-corrected chi connectivity index (χ4v) is 2.90. The maximum atomic E-state index is 12.2. The largest absolute Gasteiger partial charge is 0.352 e. The van der Waals surface area contributed by atoms with E-state index in [1.165, 1.54) is 0 Å². The van der Waals surface area contributed by atoms with Gasteiger partial charge in [0.1, 0.15) is 0 Å². The third-order valence-corrected chi connectivity index (χ3v) is 3.72. The minimum Gasteiger partial charge on any atom is -0.352 e. The Balaban J connectivity index is 2.71. The molecule has 0 aromatic rings. The van der Waals surface area contributed by atoms with Gasteiger partial charge < -0.3 is 16.0 Å². The number of rotatable bonds is 3. The summed E-state index contributed by atoms with van der Waals surface area (Å²) in [5, 5.41) is 9.85. The molecule has 0 aromatic carbocycles. The Hall–Kier alpha value is -0.610. The second-order valence-corrected chi connectivity index (χ2v) is 7.35. The van der Waals surface area contributed by atoms with E-state index in [1.807, 2.05) is 20.9 Å². The maximum absolute atomic E-state index is 12.2. The molecule has 1 fully saturated rings. The van der Waals surface area contributed by atoms with Crippen molar-refractivity contribution in [2.45, 2.75) is 77.0 Å². The van der Waals surface area contributed by atoms with Crippen LogP contribution in [0, 0.1) is 0 Å². The van der Waals surface area contributed by atoms with Crippen LogP contribution in [0.5, 0.6) is 0 Å². The van der Waals surface area contributed by atoms with Gasteiger partial charge in [0.25, 0.3) is 0 Å². The van der Waals surface area contributed by atoms with Crippen LogP contribution in [0.4, 0.5) is 0 Å². The van der Waals surface area contributed by atoms with E-state index in [0.29, 0.717) is 0 Å². The molecular formula is C14H29N3O. The van der Waals surface area contributed by atoms with Crippen LogP contribution in [-0.4, -0.2) is 35.6 Å². The van der Waals surface area contributed by atoms with Gasteiger partial charge in [-0.1, -0.05) is 0 Å². The summed E-state index contributed by atoms with van der Waals surface area (Å²) >= 11 is 0. The number of nitrogens with one attached hydrogen (secondary N) is 3. The molecule has 0 bridgehead atoms. The predicted molar refractivity (Wildman–Crippen MR) is 75.6 cm³/mol. The van der Waals surface area contributed by atoms with Gasteiger partial charge in [-0.15, -0.1) is 0 Å². The van der Waals surface area contributed by atoms with E-state index in [1.54, 1.807) is 0 Å². The minimum absolute atomic E-state index is 0.0590. The average molecular weight is 255 g/mol. The van der Waals surface area contributed by atoms with Gasteiger partial charge >= 0.3 is 0 Å². The van der Waals surface area contributed by atoms with E-state index in [4.69, 9.17) is 0 Å². The zero-order valence-electron chi connectivity index (χ0n) is 12.9. The summed E-state index contributed by atoms with van der Waals surface area (Å²) in [7, 11) is 1.82. The highest BCUT2D eigenvalue weighted by molar-refractivity contribution is 5.85. The van der Waals surface area contributed by atoms with Crippen molar-refractivity contribution in [1.29, 1.82) is 0 Å². The summed E-state index contributed by atoms with van der Waals surface area (Å²) in [6, 6.07) is 0.233. The Morgan fingerprint density at radius 1 is 1.17 bits per heavy atom. The standard InChI is InChI=1S/C14H29N3O/c1-12(2)8-10(9-13(3,4)17-12)16-11(18)14(5,6)15-7/h10,15,17H,8-9H2,1-7H3,(H,16,18). The first-order valence-electron chi connectivity index (χ1n) is 6.77. The minimum atomic E-state index is -0.515. The van der Waals surface area contributed by atoms with Crippen molar-refractivity contribution in [2.75, 3.05) is 7.05 Å². The van der Waals surface area contributed by atoms with Crippen LogP contribution < -0.4 is 16.0 Å². The average Bonchev–Trinajstić information content (AvgIpc) is 2.12. The predicted octanol–water partition coefficient (Wildman–Crippen LogP) is 1.41. The fourth-order valence-electron chi connectivity index (χ4n) is 2.90. The van der Waals surface area contributed by atoms with Crippen molar-refractivity contribution in [3.63, 3.8) is 0 Å². The van der Waals surface area contributed by atoms with Crippen molar-refractivity contribution in [1.82, 2.24) is 16.0 Å². The highest BCUT2D eigenvalue weighted by Gasteiger charge is 2.39. The number of piperidine rings is 1. The van der Waals surface area contributed by atoms with Gasteiger partial charge in [-0.2, -0.15) is 0 Å². The lowest BCUT2D eigenvalue weighted by atomic mass is 9.79. The lowest BCUT2D eigenvalue weighted by molar-refractivity contribution is -0.127. The van der Waals surface area contributed by atoms with E-state index in [-0.39, 0.29) is 23.0 Å². The number of likely N-dealkylation sites (N-methyl/N-ethyl adjacent to an activating group) is 1. The molecule has 1 aliphatic rings. The van der Waals surface area contributed by atoms with Gasteiger partial charge in [0, 0.05) is 17.1 Å². The Morgan fingerprint density at radius 2 is 1.61 bits per heavy atom. The molecule has 4 nitrogen and oxygen atoms in total. The fraction of sp³-hybridized carbons (Fsp3) is 0.929. The molecule has 1 rings (SSSR count). The van der Waals surface area contributed by atoms with E-state index in [9.17, 15) is 4.79 Å². The third kappa shape index (κ3) is 3.95. The molecule has 0 atom stereocenters. The van der Waals surface area contributed by atoms with E-state index in [0.717, 1.165) is 12.8 Å². The summed E-state index contributed by atoms with van der Waals surface area (Å²) in [5.74, 6) is 0.0727. The molecule has 0 aromatic heterocycles. The van der Waals surface area contributed by atoms with Crippen LogP contribution >= 0.6 is 0 Å². The van der Waals surface area contributed by atoms with Crippen molar-refractivity contribution in [2.24, 2.45) is 0 Å². The second kappa shape index (κ2) is 4.82. The van der Waals surface area contributed by atoms with Crippen LogP contribution in [0.3, 0.4) is 0 Å². The molecule has 3 N–H and O–H groups in total. The van der Waals surface area contributed by atoms with Crippen LogP contribution in [0.2, 0.25) is 0 Å². The molecule has 1 saturated heterocycles. The molecule has 0 spiro atoms. The highest BCUT2D eigenvalue weighted by atomic mass is 16.2. The lowest BCUT2D eigenvalue weighted by Gasteiger charge is -2.47. The van der Waals surface area contributed by atoms with Crippen LogP contribution in [0.25, 0.3) is 0 Å². The van der Waals surface area contributed by atoms with Crippen LogP contribution in [0.15, 0.2) is 0 Å². The number of amides is 1. The van der Waals surface area contributed by atoms with Crippen LogP contribution in [0.1, 0.15) is 54.4 Å². The van der Waals surface area contributed by atoms with Crippen LogP contribution in [-0.2, 0) is 4.79 Å². The molecule has 0 saturated carbocycles. The van der Waals surface area contributed by atoms with Gasteiger partial charge in [-0.25, -0.2) is 0 Å². The topological polar surface area (TPSA) is 53.2 Å². The molecule has 0 radical (unpaired) electrons. The molecule has 1 aliphatic heterocycles. The Kier molecular flexibility index (Phi) is 4.13. The number of hydrogen-bond donors (Lipinski definition) is 3. The zero-order chi connectivity index (χ0) is 14.2. The monoisotopic (exact) mass is 255 g/mol. The van der Waals surface area contributed by atoms with E-state index < -0.39 is 5.54 Å². The Bertz CT molecular complexity index is 305. The smallest absolute Gasteiger partial charge is 0.239 e. The molecule has 1 heterocycles. The zero-order valence-corrected chi connectivity index (χ0v) is 12.9. The summed E-state index contributed by atoms with van der Waals surface area (Å²) in [5.41, 5.74) is -0.397. The Morgan fingerprint density at radius 3 is 2.00 bits per heavy atom.